The Hall–Kier alpha value is -1.88. The standard InChI is InChI=1S/C17H24N2O3/c1-2-15(19-10-6-9-16(19)21)17(22)18-12-14(20)11-13-7-4-3-5-8-13/h3-5,7-8,14-15,20H,2,6,9-12H2,1H3,(H,18,22). The minimum absolute atomic E-state index is 0.0480. The molecular weight excluding hydrogens is 280 g/mol. The minimum Gasteiger partial charge on any atom is -0.391 e. The Morgan fingerprint density at radius 2 is 2.09 bits per heavy atom. The summed E-state index contributed by atoms with van der Waals surface area (Å²) in [7, 11) is 0. The maximum atomic E-state index is 12.2. The lowest BCUT2D eigenvalue weighted by molar-refractivity contribution is -0.137. The van der Waals surface area contributed by atoms with Gasteiger partial charge in [-0.3, -0.25) is 9.59 Å². The maximum Gasteiger partial charge on any atom is 0.242 e. The van der Waals surface area contributed by atoms with Crippen LogP contribution in [0.2, 0.25) is 0 Å². The number of likely N-dealkylation sites (tertiary alicyclic amines) is 1. The van der Waals surface area contributed by atoms with Gasteiger partial charge in [-0.15, -0.1) is 0 Å². The first-order valence-corrected chi connectivity index (χ1v) is 7.91. The van der Waals surface area contributed by atoms with E-state index in [1.807, 2.05) is 37.3 Å². The first-order valence-electron chi connectivity index (χ1n) is 7.91. The number of nitrogens with zero attached hydrogens (tertiary/aromatic N) is 1. The molecule has 2 atom stereocenters. The smallest absolute Gasteiger partial charge is 0.242 e. The van der Waals surface area contributed by atoms with Gasteiger partial charge in [0.1, 0.15) is 6.04 Å². The number of hydrogen-bond donors (Lipinski definition) is 2. The van der Waals surface area contributed by atoms with Crippen LogP contribution in [0, 0.1) is 0 Å². The van der Waals surface area contributed by atoms with Crippen molar-refractivity contribution in [2.75, 3.05) is 13.1 Å². The summed E-state index contributed by atoms with van der Waals surface area (Å²) in [5.74, 6) is -0.128. The van der Waals surface area contributed by atoms with E-state index < -0.39 is 12.1 Å². The highest BCUT2D eigenvalue weighted by molar-refractivity contribution is 5.88. The Kier molecular flexibility index (Phi) is 5.95. The second-order valence-electron chi connectivity index (χ2n) is 5.70. The Morgan fingerprint density at radius 1 is 1.36 bits per heavy atom. The molecule has 0 bridgehead atoms. The molecule has 0 saturated carbocycles. The number of aliphatic hydroxyl groups is 1. The molecule has 0 aliphatic carbocycles. The van der Waals surface area contributed by atoms with E-state index in [9.17, 15) is 14.7 Å². The molecule has 120 valence electrons. The lowest BCUT2D eigenvalue weighted by atomic mass is 10.1. The Morgan fingerprint density at radius 3 is 2.68 bits per heavy atom. The van der Waals surface area contributed by atoms with E-state index >= 15 is 0 Å². The van der Waals surface area contributed by atoms with Crippen molar-refractivity contribution in [3.05, 3.63) is 35.9 Å². The summed E-state index contributed by atoms with van der Waals surface area (Å²) in [6.07, 6.45) is 1.81. The number of aliphatic hydroxyl groups excluding tert-OH is 1. The molecule has 5 heteroatoms. The molecule has 1 aromatic rings. The van der Waals surface area contributed by atoms with E-state index in [1.54, 1.807) is 4.90 Å². The van der Waals surface area contributed by atoms with Gasteiger partial charge in [0, 0.05) is 25.9 Å². The van der Waals surface area contributed by atoms with E-state index in [-0.39, 0.29) is 18.4 Å². The molecule has 2 amide bonds. The van der Waals surface area contributed by atoms with E-state index in [0.29, 0.717) is 25.8 Å². The second kappa shape index (κ2) is 7.94. The molecule has 2 N–H and O–H groups in total. The number of benzene rings is 1. The van der Waals surface area contributed by atoms with Gasteiger partial charge in [0.2, 0.25) is 11.8 Å². The number of amides is 2. The highest BCUT2D eigenvalue weighted by Crippen LogP contribution is 2.15. The van der Waals surface area contributed by atoms with E-state index in [4.69, 9.17) is 0 Å². The van der Waals surface area contributed by atoms with Crippen LogP contribution in [0.3, 0.4) is 0 Å². The molecule has 1 aliphatic heterocycles. The van der Waals surface area contributed by atoms with E-state index in [1.165, 1.54) is 0 Å². The summed E-state index contributed by atoms with van der Waals surface area (Å²) >= 11 is 0. The normalized spacial score (nSPS) is 17.4. The molecule has 1 heterocycles. The van der Waals surface area contributed by atoms with Crippen LogP contribution >= 0.6 is 0 Å². The zero-order valence-corrected chi connectivity index (χ0v) is 13.0. The van der Waals surface area contributed by atoms with E-state index in [2.05, 4.69) is 5.32 Å². The molecule has 1 fully saturated rings. The summed E-state index contributed by atoms with van der Waals surface area (Å²) in [5, 5.41) is 12.8. The summed E-state index contributed by atoms with van der Waals surface area (Å²) < 4.78 is 0. The Labute approximate surface area is 131 Å². The highest BCUT2D eigenvalue weighted by Gasteiger charge is 2.31. The third-order valence-electron chi connectivity index (χ3n) is 4.00. The lowest BCUT2D eigenvalue weighted by Gasteiger charge is -2.26. The summed E-state index contributed by atoms with van der Waals surface area (Å²) in [5.41, 5.74) is 1.03. The van der Waals surface area contributed by atoms with Gasteiger partial charge in [-0.1, -0.05) is 37.3 Å². The van der Waals surface area contributed by atoms with Crippen LogP contribution in [-0.2, 0) is 16.0 Å². The molecule has 2 rings (SSSR count). The van der Waals surface area contributed by atoms with Gasteiger partial charge in [0.25, 0.3) is 0 Å². The zero-order chi connectivity index (χ0) is 15.9. The van der Waals surface area contributed by atoms with Crippen molar-refractivity contribution in [3.8, 4) is 0 Å². The molecule has 0 aromatic heterocycles. The van der Waals surface area contributed by atoms with Gasteiger partial charge in [-0.2, -0.15) is 0 Å². The zero-order valence-electron chi connectivity index (χ0n) is 13.0. The number of carbonyl (C=O) groups excluding carboxylic acids is 2. The Balaban J connectivity index is 1.81. The largest absolute Gasteiger partial charge is 0.391 e. The number of rotatable bonds is 7. The molecule has 1 aliphatic rings. The molecule has 0 radical (unpaired) electrons. The first kappa shape index (κ1) is 16.5. The predicted molar refractivity (Wildman–Crippen MR) is 84.2 cm³/mol. The lowest BCUT2D eigenvalue weighted by Crippen LogP contribution is -2.48. The van der Waals surface area contributed by atoms with Crippen molar-refractivity contribution in [1.29, 1.82) is 0 Å². The molecular formula is C17H24N2O3. The number of carbonyl (C=O) groups is 2. The van der Waals surface area contributed by atoms with Gasteiger partial charge >= 0.3 is 0 Å². The van der Waals surface area contributed by atoms with Gasteiger partial charge in [-0.25, -0.2) is 0 Å². The minimum atomic E-state index is -0.627. The van der Waals surface area contributed by atoms with Crippen LogP contribution in [0.1, 0.15) is 31.7 Å². The van der Waals surface area contributed by atoms with Crippen LogP contribution in [0.4, 0.5) is 0 Å². The van der Waals surface area contributed by atoms with Crippen LogP contribution in [0.5, 0.6) is 0 Å². The topological polar surface area (TPSA) is 69.6 Å². The second-order valence-corrected chi connectivity index (χ2v) is 5.70. The van der Waals surface area contributed by atoms with Crippen LogP contribution < -0.4 is 5.32 Å². The quantitative estimate of drug-likeness (QED) is 0.793. The third-order valence-corrected chi connectivity index (χ3v) is 4.00. The molecule has 2 unspecified atom stereocenters. The van der Waals surface area contributed by atoms with Crippen LogP contribution in [0.15, 0.2) is 30.3 Å². The van der Waals surface area contributed by atoms with Crippen molar-refractivity contribution < 1.29 is 14.7 Å². The fourth-order valence-corrected chi connectivity index (χ4v) is 2.84. The molecule has 5 nitrogen and oxygen atoms in total. The first-order chi connectivity index (χ1) is 10.6. The molecule has 1 aromatic carbocycles. The fourth-order valence-electron chi connectivity index (χ4n) is 2.84. The summed E-state index contributed by atoms with van der Waals surface area (Å²) in [4.78, 5) is 25.7. The van der Waals surface area contributed by atoms with Crippen LogP contribution in [0.25, 0.3) is 0 Å². The van der Waals surface area contributed by atoms with Gasteiger partial charge < -0.3 is 15.3 Å². The average molecular weight is 304 g/mol. The predicted octanol–water partition coefficient (Wildman–Crippen LogP) is 1.11. The van der Waals surface area contributed by atoms with E-state index in [0.717, 1.165) is 12.0 Å². The fraction of sp³-hybridized carbons (Fsp3) is 0.529. The van der Waals surface area contributed by atoms with Crippen molar-refractivity contribution in [2.45, 2.75) is 44.8 Å². The van der Waals surface area contributed by atoms with Gasteiger partial charge in [-0.05, 0) is 18.4 Å². The van der Waals surface area contributed by atoms with Crippen LogP contribution in [-0.4, -0.2) is 47.1 Å². The Bertz CT molecular complexity index is 504. The summed E-state index contributed by atoms with van der Waals surface area (Å²) in [6, 6.07) is 9.25. The molecule has 0 spiro atoms. The maximum absolute atomic E-state index is 12.2. The summed E-state index contributed by atoms with van der Waals surface area (Å²) in [6.45, 7) is 2.75. The van der Waals surface area contributed by atoms with Crippen molar-refractivity contribution in [3.63, 3.8) is 0 Å². The van der Waals surface area contributed by atoms with Crippen molar-refractivity contribution in [1.82, 2.24) is 10.2 Å². The third kappa shape index (κ3) is 4.31. The van der Waals surface area contributed by atoms with Gasteiger partial charge in [0.05, 0.1) is 6.10 Å². The number of hydrogen-bond acceptors (Lipinski definition) is 3. The molecule has 1 saturated heterocycles. The molecule has 22 heavy (non-hydrogen) atoms. The average Bonchev–Trinajstić information content (AvgIpc) is 2.93. The monoisotopic (exact) mass is 304 g/mol. The van der Waals surface area contributed by atoms with Gasteiger partial charge in [0.15, 0.2) is 0 Å². The SMILES string of the molecule is CCC(C(=O)NCC(O)Cc1ccccc1)N1CCCC1=O. The number of nitrogens with one attached hydrogen (secondary N) is 1. The van der Waals surface area contributed by atoms with Crippen molar-refractivity contribution >= 4 is 11.8 Å². The van der Waals surface area contributed by atoms with Crippen molar-refractivity contribution in [2.24, 2.45) is 0 Å². The highest BCUT2D eigenvalue weighted by atomic mass is 16.3.